The lowest BCUT2D eigenvalue weighted by molar-refractivity contribution is -0.122. The standard InChI is InChI=1S/C20H21N5O3S/c21-19(27)14-6-9-25(10-7-14)16-5-4-13-2-1-3-15(18(13)23-16)28-12-17(26)24-20-22-8-11-29-20/h1-5,8,11,14H,6-7,9-10,12H2,(H2,21,27)(H,22,24,26). The second kappa shape index (κ2) is 8.44. The van der Waals surface area contributed by atoms with E-state index in [-0.39, 0.29) is 24.3 Å². The number of ether oxygens (including phenoxy) is 1. The lowest BCUT2D eigenvalue weighted by Gasteiger charge is -2.31. The van der Waals surface area contributed by atoms with E-state index in [2.05, 4.69) is 15.2 Å². The molecule has 4 rings (SSSR count). The molecule has 2 aromatic heterocycles. The number of primary amides is 1. The molecule has 9 heteroatoms. The maximum absolute atomic E-state index is 12.1. The molecule has 150 valence electrons. The molecule has 0 radical (unpaired) electrons. The Hall–Kier alpha value is -3.20. The minimum Gasteiger partial charge on any atom is -0.481 e. The molecule has 1 aromatic carbocycles. The molecule has 3 N–H and O–H groups in total. The van der Waals surface area contributed by atoms with Gasteiger partial charge in [0.05, 0.1) is 0 Å². The summed E-state index contributed by atoms with van der Waals surface area (Å²) in [5.41, 5.74) is 6.12. The van der Waals surface area contributed by atoms with Crippen LogP contribution in [0.15, 0.2) is 41.9 Å². The first-order valence-electron chi connectivity index (χ1n) is 9.36. The van der Waals surface area contributed by atoms with Gasteiger partial charge >= 0.3 is 0 Å². The van der Waals surface area contributed by atoms with Crippen molar-refractivity contribution in [2.24, 2.45) is 11.7 Å². The van der Waals surface area contributed by atoms with Gasteiger partial charge in [-0.2, -0.15) is 0 Å². The van der Waals surface area contributed by atoms with E-state index in [1.54, 1.807) is 17.6 Å². The third kappa shape index (κ3) is 4.45. The predicted molar refractivity (Wildman–Crippen MR) is 112 cm³/mol. The summed E-state index contributed by atoms with van der Waals surface area (Å²) in [6, 6.07) is 9.57. The molecule has 0 unspecified atom stereocenters. The summed E-state index contributed by atoms with van der Waals surface area (Å²) >= 11 is 1.35. The molecule has 29 heavy (non-hydrogen) atoms. The topological polar surface area (TPSA) is 110 Å². The lowest BCUT2D eigenvalue weighted by Crippen LogP contribution is -2.38. The normalized spacial score (nSPS) is 14.7. The van der Waals surface area contributed by atoms with Gasteiger partial charge < -0.3 is 15.4 Å². The highest BCUT2D eigenvalue weighted by Gasteiger charge is 2.24. The van der Waals surface area contributed by atoms with Gasteiger partial charge in [0.15, 0.2) is 11.7 Å². The van der Waals surface area contributed by atoms with Crippen LogP contribution in [-0.4, -0.2) is 41.5 Å². The van der Waals surface area contributed by atoms with Crippen molar-refractivity contribution < 1.29 is 14.3 Å². The third-order valence-electron chi connectivity index (χ3n) is 4.93. The van der Waals surface area contributed by atoms with Crippen molar-refractivity contribution >= 4 is 45.0 Å². The highest BCUT2D eigenvalue weighted by atomic mass is 32.1. The Morgan fingerprint density at radius 1 is 1.24 bits per heavy atom. The quantitative estimate of drug-likeness (QED) is 0.644. The average Bonchev–Trinajstić information content (AvgIpc) is 3.25. The average molecular weight is 411 g/mol. The van der Waals surface area contributed by atoms with Crippen LogP contribution in [0, 0.1) is 5.92 Å². The number of aromatic nitrogens is 2. The van der Waals surface area contributed by atoms with E-state index in [1.165, 1.54) is 11.3 Å². The number of carbonyl (C=O) groups is 2. The molecule has 1 aliphatic rings. The number of piperidine rings is 1. The molecule has 1 aliphatic heterocycles. The predicted octanol–water partition coefficient (Wildman–Crippen LogP) is 2.41. The van der Waals surface area contributed by atoms with E-state index in [4.69, 9.17) is 15.5 Å². The lowest BCUT2D eigenvalue weighted by atomic mass is 9.96. The molecule has 8 nitrogen and oxygen atoms in total. The number of hydrogen-bond donors (Lipinski definition) is 2. The maximum Gasteiger partial charge on any atom is 0.264 e. The molecule has 0 spiro atoms. The summed E-state index contributed by atoms with van der Waals surface area (Å²) in [5, 5.41) is 5.95. The smallest absolute Gasteiger partial charge is 0.264 e. The number of nitrogens with one attached hydrogen (secondary N) is 1. The summed E-state index contributed by atoms with van der Waals surface area (Å²) in [4.78, 5) is 34.4. The highest BCUT2D eigenvalue weighted by Crippen LogP contribution is 2.28. The van der Waals surface area contributed by atoms with E-state index >= 15 is 0 Å². The summed E-state index contributed by atoms with van der Waals surface area (Å²) in [5.74, 6) is 0.792. The van der Waals surface area contributed by atoms with Crippen molar-refractivity contribution in [2.75, 3.05) is 29.9 Å². The van der Waals surface area contributed by atoms with Gasteiger partial charge in [0.1, 0.15) is 17.1 Å². The van der Waals surface area contributed by atoms with Crippen LogP contribution < -0.4 is 20.7 Å². The van der Waals surface area contributed by atoms with Crippen LogP contribution in [0.25, 0.3) is 10.9 Å². The fourth-order valence-corrected chi connectivity index (χ4v) is 3.92. The zero-order valence-corrected chi connectivity index (χ0v) is 16.5. The summed E-state index contributed by atoms with van der Waals surface area (Å²) < 4.78 is 5.74. The second-order valence-corrected chi connectivity index (χ2v) is 7.73. The van der Waals surface area contributed by atoms with Gasteiger partial charge in [-0.1, -0.05) is 12.1 Å². The first kappa shape index (κ1) is 19.1. The van der Waals surface area contributed by atoms with Gasteiger partial charge in [-0.3, -0.25) is 14.9 Å². The number of fused-ring (bicyclic) bond motifs is 1. The van der Waals surface area contributed by atoms with Crippen LogP contribution in [0.5, 0.6) is 5.75 Å². The van der Waals surface area contributed by atoms with Crippen molar-refractivity contribution in [3.63, 3.8) is 0 Å². The largest absolute Gasteiger partial charge is 0.481 e. The SMILES string of the molecule is NC(=O)C1CCN(c2ccc3cccc(OCC(=O)Nc4nccs4)c3n2)CC1. The number of anilines is 2. The van der Waals surface area contributed by atoms with Crippen molar-refractivity contribution in [1.29, 1.82) is 0 Å². The number of para-hydroxylation sites is 1. The third-order valence-corrected chi connectivity index (χ3v) is 5.62. The number of benzene rings is 1. The number of pyridine rings is 1. The Balaban J connectivity index is 1.47. The van der Waals surface area contributed by atoms with Gasteiger partial charge in [-0.25, -0.2) is 9.97 Å². The van der Waals surface area contributed by atoms with Gasteiger partial charge in [-0.15, -0.1) is 11.3 Å². The van der Waals surface area contributed by atoms with Crippen LogP contribution in [0.3, 0.4) is 0 Å². The highest BCUT2D eigenvalue weighted by molar-refractivity contribution is 7.13. The number of thiazole rings is 1. The van der Waals surface area contributed by atoms with E-state index in [9.17, 15) is 9.59 Å². The van der Waals surface area contributed by atoms with E-state index < -0.39 is 0 Å². The Labute approximate surface area is 171 Å². The fourth-order valence-electron chi connectivity index (χ4n) is 3.38. The number of rotatable bonds is 6. The molecule has 2 amide bonds. The van der Waals surface area contributed by atoms with Crippen LogP contribution in [0.4, 0.5) is 10.9 Å². The van der Waals surface area contributed by atoms with Gasteiger partial charge in [0.25, 0.3) is 5.91 Å². The minimum absolute atomic E-state index is 0.0676. The van der Waals surface area contributed by atoms with Gasteiger partial charge in [0.2, 0.25) is 5.91 Å². The van der Waals surface area contributed by atoms with Crippen LogP contribution in [-0.2, 0) is 9.59 Å². The van der Waals surface area contributed by atoms with Crippen molar-refractivity contribution in [1.82, 2.24) is 9.97 Å². The second-order valence-electron chi connectivity index (χ2n) is 6.84. The molecular weight excluding hydrogens is 390 g/mol. The molecule has 0 bridgehead atoms. The number of nitrogens with zero attached hydrogens (tertiary/aromatic N) is 3. The molecule has 1 fully saturated rings. The van der Waals surface area contributed by atoms with Crippen molar-refractivity contribution in [3.05, 3.63) is 41.9 Å². The number of hydrogen-bond acceptors (Lipinski definition) is 7. The number of carbonyl (C=O) groups excluding carboxylic acids is 2. The van der Waals surface area contributed by atoms with Crippen LogP contribution >= 0.6 is 11.3 Å². The minimum atomic E-state index is -0.276. The Kier molecular flexibility index (Phi) is 5.57. The van der Waals surface area contributed by atoms with E-state index in [0.29, 0.717) is 16.4 Å². The monoisotopic (exact) mass is 411 g/mol. The van der Waals surface area contributed by atoms with Crippen LogP contribution in [0.2, 0.25) is 0 Å². The summed E-state index contributed by atoms with van der Waals surface area (Å²) in [6.45, 7) is 1.32. The van der Waals surface area contributed by atoms with E-state index in [0.717, 1.165) is 37.1 Å². The first-order valence-corrected chi connectivity index (χ1v) is 10.2. The molecule has 0 saturated carbocycles. The maximum atomic E-state index is 12.1. The molecule has 3 aromatic rings. The van der Waals surface area contributed by atoms with Gasteiger partial charge in [0, 0.05) is 36.0 Å². The first-order chi connectivity index (χ1) is 14.1. The zero-order chi connectivity index (χ0) is 20.2. The Bertz CT molecular complexity index is 1020. The zero-order valence-electron chi connectivity index (χ0n) is 15.7. The Morgan fingerprint density at radius 2 is 2.07 bits per heavy atom. The Morgan fingerprint density at radius 3 is 2.79 bits per heavy atom. The number of amides is 2. The molecule has 3 heterocycles. The molecule has 0 atom stereocenters. The van der Waals surface area contributed by atoms with Crippen molar-refractivity contribution in [3.8, 4) is 5.75 Å². The molecular formula is C20H21N5O3S. The molecule has 1 saturated heterocycles. The fraction of sp³-hybridized carbons (Fsp3) is 0.300. The molecule has 0 aliphatic carbocycles. The summed E-state index contributed by atoms with van der Waals surface area (Å²) in [7, 11) is 0. The van der Waals surface area contributed by atoms with Crippen molar-refractivity contribution in [2.45, 2.75) is 12.8 Å². The number of nitrogens with two attached hydrogens (primary N) is 1. The van der Waals surface area contributed by atoms with Gasteiger partial charge in [-0.05, 0) is 31.0 Å². The summed E-state index contributed by atoms with van der Waals surface area (Å²) in [6.07, 6.45) is 3.08. The van der Waals surface area contributed by atoms with Crippen LogP contribution in [0.1, 0.15) is 12.8 Å². The van der Waals surface area contributed by atoms with E-state index in [1.807, 2.05) is 24.3 Å².